The average molecular weight is 499 g/mol. The summed E-state index contributed by atoms with van der Waals surface area (Å²) < 4.78 is 5.31. The molecular formula is C29H30N4O4. The first-order valence-corrected chi connectivity index (χ1v) is 12.3. The second-order valence-electron chi connectivity index (χ2n) is 9.23. The zero-order valence-electron chi connectivity index (χ0n) is 20.7. The smallest absolute Gasteiger partial charge is 0.273 e. The number of ether oxygens (including phenoxy) is 1. The van der Waals surface area contributed by atoms with Crippen molar-refractivity contribution in [3.05, 3.63) is 88.5 Å². The summed E-state index contributed by atoms with van der Waals surface area (Å²) >= 11 is 0. The number of carbonyl (C=O) groups is 1. The first-order chi connectivity index (χ1) is 17.9. The van der Waals surface area contributed by atoms with E-state index in [4.69, 9.17) is 21.0 Å². The van der Waals surface area contributed by atoms with Crippen LogP contribution in [0, 0.1) is 0 Å². The number of nitrogens with zero attached hydrogens (tertiary/aromatic N) is 2. The summed E-state index contributed by atoms with van der Waals surface area (Å²) in [5, 5.41) is 11.5. The maximum absolute atomic E-state index is 13.5. The van der Waals surface area contributed by atoms with E-state index in [-0.39, 0.29) is 18.9 Å². The van der Waals surface area contributed by atoms with Crippen molar-refractivity contribution in [3.8, 4) is 11.1 Å². The van der Waals surface area contributed by atoms with Gasteiger partial charge in [0.2, 0.25) is 0 Å². The molecule has 2 heterocycles. The number of hydrogen-bond acceptors (Lipinski definition) is 7. The van der Waals surface area contributed by atoms with Crippen LogP contribution < -0.4 is 11.5 Å². The first-order valence-electron chi connectivity index (χ1n) is 12.3. The number of aliphatic hydroxyl groups is 1. The van der Waals surface area contributed by atoms with Gasteiger partial charge >= 0.3 is 0 Å². The van der Waals surface area contributed by atoms with E-state index in [1.54, 1.807) is 0 Å². The van der Waals surface area contributed by atoms with Crippen LogP contribution in [0.5, 0.6) is 0 Å². The van der Waals surface area contributed by atoms with E-state index < -0.39 is 6.29 Å². The molecule has 5 N–H and O–H groups in total. The van der Waals surface area contributed by atoms with Crippen molar-refractivity contribution in [1.82, 2.24) is 5.06 Å². The zero-order valence-corrected chi connectivity index (χ0v) is 20.7. The normalized spacial score (nSPS) is 16.3. The fraction of sp³-hybridized carbons (Fsp3) is 0.241. The number of rotatable bonds is 7. The standard InChI is InChI=1S/C29H30N4O4/c1-2-10-33(37-16-18-4-3-5-24(30)11-18)28(34)23-12-21-8-6-20(14-26(21)32-27(31)15-23)19-7-9-22-17-36-29(35)25(22)13-19/h3-9,11-14,29,35H,2,10,15-17,30H2,1H3,(H2,31,32). The van der Waals surface area contributed by atoms with E-state index >= 15 is 0 Å². The van der Waals surface area contributed by atoms with E-state index in [9.17, 15) is 9.90 Å². The fourth-order valence-corrected chi connectivity index (χ4v) is 4.53. The van der Waals surface area contributed by atoms with E-state index in [0.29, 0.717) is 35.9 Å². The third-order valence-electron chi connectivity index (χ3n) is 6.40. The van der Waals surface area contributed by atoms with Crippen LogP contribution in [0.1, 0.15) is 48.3 Å². The summed E-state index contributed by atoms with van der Waals surface area (Å²) in [6.07, 6.45) is 1.87. The summed E-state index contributed by atoms with van der Waals surface area (Å²) in [7, 11) is 0. The van der Waals surface area contributed by atoms with E-state index in [1.807, 2.05) is 73.7 Å². The monoisotopic (exact) mass is 498 g/mol. The van der Waals surface area contributed by atoms with E-state index in [2.05, 4.69) is 4.99 Å². The lowest BCUT2D eigenvalue weighted by atomic mass is 9.98. The Morgan fingerprint density at radius 3 is 2.76 bits per heavy atom. The van der Waals surface area contributed by atoms with Crippen molar-refractivity contribution in [3.63, 3.8) is 0 Å². The summed E-state index contributed by atoms with van der Waals surface area (Å²) in [6.45, 7) is 3.06. The molecular weight excluding hydrogens is 468 g/mol. The minimum Gasteiger partial charge on any atom is -0.399 e. The number of nitrogen functional groups attached to an aromatic ring is 1. The number of nitrogens with two attached hydrogens (primary N) is 2. The Labute approximate surface area is 215 Å². The van der Waals surface area contributed by atoms with Crippen molar-refractivity contribution in [1.29, 1.82) is 0 Å². The number of amides is 1. The molecule has 3 aromatic carbocycles. The van der Waals surface area contributed by atoms with E-state index in [0.717, 1.165) is 39.8 Å². The quantitative estimate of drug-likeness (QED) is 0.323. The second-order valence-corrected chi connectivity index (χ2v) is 9.23. The number of fused-ring (bicyclic) bond motifs is 2. The molecule has 37 heavy (non-hydrogen) atoms. The number of hydrogen-bond donors (Lipinski definition) is 3. The lowest BCUT2D eigenvalue weighted by molar-refractivity contribution is -0.187. The van der Waals surface area contributed by atoms with Gasteiger partial charge in [0, 0.05) is 35.4 Å². The SMILES string of the molecule is CCCN(OCc1cccc(N)c1)C(=O)C1=Cc2ccc(-c3ccc4c(c3)C(O)OC4)cc2N=C(N)C1. The molecule has 3 aromatic rings. The highest BCUT2D eigenvalue weighted by molar-refractivity contribution is 6.05. The number of aliphatic hydroxyl groups excluding tert-OH is 1. The minimum absolute atomic E-state index is 0.215. The number of amidine groups is 1. The van der Waals surface area contributed by atoms with Crippen LogP contribution in [0.25, 0.3) is 17.2 Å². The minimum atomic E-state index is -0.909. The van der Waals surface area contributed by atoms with Crippen LogP contribution in [-0.2, 0) is 27.6 Å². The molecule has 0 saturated carbocycles. The molecule has 8 nitrogen and oxygen atoms in total. The third kappa shape index (κ3) is 5.41. The Hall–Kier alpha value is -3.98. The molecule has 5 rings (SSSR count). The maximum Gasteiger partial charge on any atom is 0.273 e. The molecule has 0 bridgehead atoms. The van der Waals surface area contributed by atoms with Gasteiger partial charge in [-0.2, -0.15) is 0 Å². The van der Waals surface area contributed by atoms with Crippen LogP contribution >= 0.6 is 0 Å². The highest BCUT2D eigenvalue weighted by atomic mass is 16.7. The molecule has 0 aliphatic carbocycles. The largest absolute Gasteiger partial charge is 0.399 e. The first kappa shape index (κ1) is 24.7. The lowest BCUT2D eigenvalue weighted by Crippen LogP contribution is -2.34. The Balaban J connectivity index is 1.40. The molecule has 1 unspecified atom stereocenters. The molecule has 1 amide bonds. The van der Waals surface area contributed by atoms with Crippen molar-refractivity contribution in [2.75, 3.05) is 12.3 Å². The summed E-state index contributed by atoms with van der Waals surface area (Å²) in [5.74, 6) is 0.106. The third-order valence-corrected chi connectivity index (χ3v) is 6.40. The summed E-state index contributed by atoms with van der Waals surface area (Å²) in [4.78, 5) is 24.0. The van der Waals surface area contributed by atoms with Gasteiger partial charge in [-0.3, -0.25) is 9.63 Å². The van der Waals surface area contributed by atoms with Gasteiger partial charge in [-0.25, -0.2) is 10.1 Å². The number of benzene rings is 3. The Morgan fingerprint density at radius 1 is 1.14 bits per heavy atom. The highest BCUT2D eigenvalue weighted by Gasteiger charge is 2.24. The zero-order chi connectivity index (χ0) is 25.9. The van der Waals surface area contributed by atoms with Crippen molar-refractivity contribution >= 4 is 29.2 Å². The second kappa shape index (κ2) is 10.6. The Kier molecular flexibility index (Phi) is 7.05. The van der Waals surface area contributed by atoms with Gasteiger partial charge in [0.25, 0.3) is 5.91 Å². The van der Waals surface area contributed by atoms with Crippen LogP contribution in [0.3, 0.4) is 0 Å². The summed E-state index contributed by atoms with van der Waals surface area (Å²) in [5.41, 5.74) is 19.2. The molecule has 190 valence electrons. The molecule has 0 spiro atoms. The molecule has 0 saturated heterocycles. The predicted molar refractivity (Wildman–Crippen MR) is 143 cm³/mol. The Bertz CT molecular complexity index is 1400. The van der Waals surface area contributed by atoms with Gasteiger partial charge in [0.15, 0.2) is 6.29 Å². The van der Waals surface area contributed by atoms with Gasteiger partial charge in [0.1, 0.15) is 12.4 Å². The van der Waals surface area contributed by atoms with E-state index in [1.165, 1.54) is 5.06 Å². The van der Waals surface area contributed by atoms with Crippen LogP contribution in [0.15, 0.2) is 71.2 Å². The molecule has 2 aliphatic rings. The molecule has 0 fully saturated rings. The van der Waals surface area contributed by atoms with Gasteiger partial charge in [-0.15, -0.1) is 0 Å². The fourth-order valence-electron chi connectivity index (χ4n) is 4.53. The van der Waals surface area contributed by atoms with Gasteiger partial charge < -0.3 is 21.3 Å². The van der Waals surface area contributed by atoms with Crippen molar-refractivity contribution in [2.24, 2.45) is 10.7 Å². The summed E-state index contributed by atoms with van der Waals surface area (Å²) in [6, 6.07) is 19.1. The molecule has 1 atom stereocenters. The number of carbonyl (C=O) groups excluding carboxylic acids is 1. The Morgan fingerprint density at radius 2 is 1.95 bits per heavy atom. The average Bonchev–Trinajstić information content (AvgIpc) is 3.17. The molecule has 8 heteroatoms. The number of aliphatic imine (C=N–C) groups is 1. The molecule has 0 aromatic heterocycles. The van der Waals surface area contributed by atoms with Crippen LogP contribution in [0.2, 0.25) is 0 Å². The van der Waals surface area contributed by atoms with Gasteiger partial charge in [0.05, 0.1) is 12.3 Å². The predicted octanol–water partition coefficient (Wildman–Crippen LogP) is 4.60. The topological polar surface area (TPSA) is 123 Å². The van der Waals surface area contributed by atoms with Gasteiger partial charge in [-0.05, 0) is 59.0 Å². The van der Waals surface area contributed by atoms with Gasteiger partial charge in [-0.1, -0.05) is 43.3 Å². The van der Waals surface area contributed by atoms with Crippen LogP contribution in [-0.4, -0.2) is 28.5 Å². The van der Waals surface area contributed by atoms with Crippen LogP contribution in [0.4, 0.5) is 11.4 Å². The molecule has 0 radical (unpaired) electrons. The highest BCUT2D eigenvalue weighted by Crippen LogP contribution is 2.36. The maximum atomic E-state index is 13.5. The lowest BCUT2D eigenvalue weighted by Gasteiger charge is -2.22. The van der Waals surface area contributed by atoms with Crippen molar-refractivity contribution < 1.29 is 19.5 Å². The number of anilines is 1. The van der Waals surface area contributed by atoms with Crippen molar-refractivity contribution in [2.45, 2.75) is 39.3 Å². The number of hydroxylamine groups is 2. The molecule has 2 aliphatic heterocycles.